The van der Waals surface area contributed by atoms with E-state index in [-0.39, 0.29) is 4.90 Å². The number of rotatable bonds is 8. The maximum absolute atomic E-state index is 12.7. The van der Waals surface area contributed by atoms with Gasteiger partial charge in [0.15, 0.2) is 11.0 Å². The summed E-state index contributed by atoms with van der Waals surface area (Å²) in [5, 5.41) is 10.6. The molecule has 0 spiro atoms. The normalized spacial score (nSPS) is 12.8. The summed E-state index contributed by atoms with van der Waals surface area (Å²) in [7, 11) is -3.73. The van der Waals surface area contributed by atoms with E-state index in [0.717, 1.165) is 5.56 Å². The van der Waals surface area contributed by atoms with Gasteiger partial charge < -0.3 is 4.57 Å². The van der Waals surface area contributed by atoms with E-state index in [2.05, 4.69) is 14.9 Å². The van der Waals surface area contributed by atoms with Gasteiger partial charge in [-0.15, -0.1) is 10.2 Å². The topological polar surface area (TPSA) is 76.9 Å². The second-order valence-corrected chi connectivity index (χ2v) is 10.3. The Morgan fingerprint density at radius 2 is 1.77 bits per heavy atom. The Morgan fingerprint density at radius 3 is 2.40 bits per heavy atom. The fourth-order valence-electron chi connectivity index (χ4n) is 2.77. The van der Waals surface area contributed by atoms with Crippen molar-refractivity contribution < 1.29 is 8.42 Å². The van der Waals surface area contributed by atoms with Crippen molar-refractivity contribution in [2.45, 2.75) is 42.2 Å². The molecule has 0 saturated heterocycles. The van der Waals surface area contributed by atoms with E-state index in [1.54, 1.807) is 13.0 Å². The van der Waals surface area contributed by atoms with Crippen molar-refractivity contribution in [3.63, 3.8) is 0 Å². The van der Waals surface area contributed by atoms with Crippen molar-refractivity contribution >= 4 is 56.6 Å². The Bertz CT molecular complexity index is 1140. The average molecular weight is 506 g/mol. The summed E-state index contributed by atoms with van der Waals surface area (Å²) in [5.41, 5.74) is 0.998. The van der Waals surface area contributed by atoms with E-state index in [4.69, 9.17) is 34.8 Å². The van der Waals surface area contributed by atoms with Crippen LogP contribution in [0, 0.1) is 0 Å². The highest BCUT2D eigenvalue weighted by atomic mass is 35.5. The van der Waals surface area contributed by atoms with Gasteiger partial charge in [-0.2, -0.15) is 0 Å². The molecule has 3 rings (SSSR count). The summed E-state index contributed by atoms with van der Waals surface area (Å²) >= 11 is 19.4. The molecule has 0 unspecified atom stereocenters. The molecule has 11 heteroatoms. The Morgan fingerprint density at radius 1 is 1.07 bits per heavy atom. The van der Waals surface area contributed by atoms with Gasteiger partial charge in [-0.05, 0) is 55.8 Å². The summed E-state index contributed by atoms with van der Waals surface area (Å²) in [6, 6.07) is 10.9. The van der Waals surface area contributed by atoms with Gasteiger partial charge in [0.2, 0.25) is 10.0 Å². The standard InChI is InChI=1S/C19H19Cl3N4O2S2/c1-3-26-18(12(2)25-30(27,28)15-7-5-14(20)6-8-15)23-24-19(26)29-11-13-4-9-16(21)17(22)10-13/h4-10,12,25H,3,11H2,1-2H3/t12-/m1/s1. The zero-order valence-electron chi connectivity index (χ0n) is 16.1. The summed E-state index contributed by atoms with van der Waals surface area (Å²) in [6.07, 6.45) is 0. The van der Waals surface area contributed by atoms with Crippen molar-refractivity contribution in [2.24, 2.45) is 0 Å². The summed E-state index contributed by atoms with van der Waals surface area (Å²) in [6.45, 7) is 4.28. The predicted octanol–water partition coefficient (Wildman–Crippen LogP) is 5.59. The number of aromatic nitrogens is 3. The van der Waals surface area contributed by atoms with E-state index in [1.165, 1.54) is 36.0 Å². The largest absolute Gasteiger partial charge is 0.305 e. The molecule has 1 atom stereocenters. The molecule has 1 aromatic heterocycles. The number of hydrogen-bond donors (Lipinski definition) is 1. The predicted molar refractivity (Wildman–Crippen MR) is 122 cm³/mol. The SMILES string of the molecule is CCn1c(SCc2ccc(Cl)c(Cl)c2)nnc1[C@@H](C)NS(=O)(=O)c1ccc(Cl)cc1. The first kappa shape index (κ1) is 23.4. The van der Waals surface area contributed by atoms with Crippen molar-refractivity contribution in [1.29, 1.82) is 0 Å². The van der Waals surface area contributed by atoms with E-state index in [0.29, 0.717) is 38.3 Å². The number of hydrogen-bond acceptors (Lipinski definition) is 5. The van der Waals surface area contributed by atoms with Crippen LogP contribution in [0.2, 0.25) is 15.1 Å². The van der Waals surface area contributed by atoms with E-state index in [1.807, 2.05) is 23.6 Å². The number of benzene rings is 2. The van der Waals surface area contributed by atoms with Gasteiger partial charge in [-0.3, -0.25) is 0 Å². The molecule has 30 heavy (non-hydrogen) atoms. The molecule has 160 valence electrons. The van der Waals surface area contributed by atoms with Crippen molar-refractivity contribution in [3.05, 3.63) is 68.9 Å². The molecule has 0 bridgehead atoms. The first-order valence-corrected chi connectivity index (χ1v) is 12.6. The second-order valence-electron chi connectivity index (χ2n) is 6.42. The average Bonchev–Trinajstić information content (AvgIpc) is 3.12. The van der Waals surface area contributed by atoms with Crippen LogP contribution in [0.15, 0.2) is 52.5 Å². The van der Waals surface area contributed by atoms with Crippen molar-refractivity contribution in [1.82, 2.24) is 19.5 Å². The molecule has 3 aromatic rings. The van der Waals surface area contributed by atoms with Gasteiger partial charge in [0, 0.05) is 17.3 Å². The maximum atomic E-state index is 12.7. The van der Waals surface area contributed by atoms with Crippen LogP contribution in [-0.2, 0) is 22.3 Å². The van der Waals surface area contributed by atoms with Gasteiger partial charge in [0.1, 0.15) is 0 Å². The molecule has 0 fully saturated rings. The molecular formula is C19H19Cl3N4O2S2. The minimum atomic E-state index is -3.73. The monoisotopic (exact) mass is 504 g/mol. The van der Waals surface area contributed by atoms with Crippen LogP contribution in [-0.4, -0.2) is 23.2 Å². The van der Waals surface area contributed by atoms with Crippen LogP contribution in [0.25, 0.3) is 0 Å². The van der Waals surface area contributed by atoms with Gasteiger partial charge in [0.05, 0.1) is 21.0 Å². The highest BCUT2D eigenvalue weighted by Gasteiger charge is 2.23. The first-order valence-electron chi connectivity index (χ1n) is 8.99. The van der Waals surface area contributed by atoms with Gasteiger partial charge in [0.25, 0.3) is 0 Å². The quantitative estimate of drug-likeness (QED) is 0.404. The summed E-state index contributed by atoms with van der Waals surface area (Å²) in [5.74, 6) is 1.16. The fourth-order valence-corrected chi connectivity index (χ4v) is 5.37. The highest BCUT2D eigenvalue weighted by Crippen LogP contribution is 2.28. The number of nitrogens with one attached hydrogen (secondary N) is 1. The lowest BCUT2D eigenvalue weighted by Crippen LogP contribution is -2.29. The molecule has 1 N–H and O–H groups in total. The number of thioether (sulfide) groups is 1. The van der Waals surface area contributed by atoms with Crippen LogP contribution in [0.1, 0.15) is 31.3 Å². The minimum absolute atomic E-state index is 0.135. The zero-order valence-corrected chi connectivity index (χ0v) is 20.0. The molecule has 0 saturated carbocycles. The molecule has 2 aromatic carbocycles. The van der Waals surface area contributed by atoms with Crippen LogP contribution in [0.5, 0.6) is 0 Å². The molecule has 0 aliphatic rings. The van der Waals surface area contributed by atoms with Gasteiger partial charge >= 0.3 is 0 Å². The molecule has 0 aliphatic carbocycles. The smallest absolute Gasteiger partial charge is 0.241 e. The third kappa shape index (κ3) is 5.49. The molecule has 0 amide bonds. The lowest BCUT2D eigenvalue weighted by atomic mass is 10.2. The molecule has 0 radical (unpaired) electrons. The third-order valence-corrected chi connectivity index (χ3v) is 7.84. The van der Waals surface area contributed by atoms with E-state index >= 15 is 0 Å². The van der Waals surface area contributed by atoms with Crippen LogP contribution >= 0.6 is 46.6 Å². The first-order chi connectivity index (χ1) is 14.2. The second kappa shape index (κ2) is 9.89. The van der Waals surface area contributed by atoms with E-state index < -0.39 is 16.1 Å². The lowest BCUT2D eigenvalue weighted by molar-refractivity contribution is 0.539. The van der Waals surface area contributed by atoms with Gasteiger partial charge in [-0.25, -0.2) is 13.1 Å². The van der Waals surface area contributed by atoms with Crippen molar-refractivity contribution in [3.8, 4) is 0 Å². The Kier molecular flexibility index (Phi) is 7.71. The highest BCUT2D eigenvalue weighted by molar-refractivity contribution is 7.98. The Labute approximate surface area is 195 Å². The number of sulfonamides is 1. The molecule has 0 aliphatic heterocycles. The van der Waals surface area contributed by atoms with Gasteiger partial charge in [-0.1, -0.05) is 52.6 Å². The third-order valence-electron chi connectivity index (χ3n) is 4.26. The minimum Gasteiger partial charge on any atom is -0.305 e. The Balaban J connectivity index is 1.75. The molecular weight excluding hydrogens is 487 g/mol. The molecule has 1 heterocycles. The summed E-state index contributed by atoms with van der Waals surface area (Å²) in [4.78, 5) is 0.135. The van der Waals surface area contributed by atoms with Crippen LogP contribution < -0.4 is 4.72 Å². The fraction of sp³-hybridized carbons (Fsp3) is 0.263. The van der Waals surface area contributed by atoms with Crippen LogP contribution in [0.4, 0.5) is 0 Å². The zero-order chi connectivity index (χ0) is 21.9. The molecule has 6 nitrogen and oxygen atoms in total. The number of halogens is 3. The number of nitrogens with zero attached hydrogens (tertiary/aromatic N) is 3. The lowest BCUT2D eigenvalue weighted by Gasteiger charge is -2.15. The summed E-state index contributed by atoms with van der Waals surface area (Å²) < 4.78 is 29.9. The van der Waals surface area contributed by atoms with E-state index in [9.17, 15) is 8.42 Å². The maximum Gasteiger partial charge on any atom is 0.241 e. The van der Waals surface area contributed by atoms with Crippen LogP contribution in [0.3, 0.4) is 0 Å². The Hall–Kier alpha value is -1.29. The van der Waals surface area contributed by atoms with Crippen molar-refractivity contribution in [2.75, 3.05) is 0 Å².